The lowest BCUT2D eigenvalue weighted by molar-refractivity contribution is 1.08. The summed E-state index contributed by atoms with van der Waals surface area (Å²) < 4.78 is 0. The van der Waals surface area contributed by atoms with Gasteiger partial charge in [-0.25, -0.2) is 9.97 Å². The molecule has 0 unspecified atom stereocenters. The fraction of sp³-hybridized carbons (Fsp3) is 0.167. The lowest BCUT2D eigenvalue weighted by Gasteiger charge is -2.09. The van der Waals surface area contributed by atoms with Gasteiger partial charge in [0, 0.05) is 23.9 Å². The van der Waals surface area contributed by atoms with Gasteiger partial charge in [-0.1, -0.05) is 36.4 Å². The van der Waals surface area contributed by atoms with Crippen molar-refractivity contribution in [1.29, 1.82) is 0 Å². The fourth-order valence-corrected chi connectivity index (χ4v) is 2.32. The number of rotatable bonds is 4. The Kier molecular flexibility index (Phi) is 3.27. The minimum Gasteiger partial charge on any atom is -0.367 e. The molecule has 4 rings (SSSR count). The molecule has 0 amide bonds. The predicted molar refractivity (Wildman–Crippen MR) is 87.3 cm³/mol. The first-order valence-electron chi connectivity index (χ1n) is 7.51. The lowest BCUT2D eigenvalue weighted by Crippen LogP contribution is -2.05. The van der Waals surface area contributed by atoms with Crippen LogP contribution in [0.5, 0.6) is 0 Å². The molecule has 0 saturated heterocycles. The van der Waals surface area contributed by atoms with Crippen LogP contribution in [0.15, 0.2) is 60.8 Å². The third kappa shape index (κ3) is 2.81. The quantitative estimate of drug-likeness (QED) is 0.793. The highest BCUT2D eigenvalue weighted by atomic mass is 15.1. The van der Waals surface area contributed by atoms with Gasteiger partial charge in [0.1, 0.15) is 5.82 Å². The van der Waals surface area contributed by atoms with E-state index in [9.17, 15) is 0 Å². The molecule has 1 fully saturated rings. The minimum atomic E-state index is 0.551. The van der Waals surface area contributed by atoms with E-state index in [4.69, 9.17) is 0 Å². The molecule has 2 heterocycles. The van der Waals surface area contributed by atoms with Crippen LogP contribution in [0.25, 0.3) is 22.8 Å². The average molecular weight is 288 g/mol. The Balaban J connectivity index is 1.80. The van der Waals surface area contributed by atoms with Gasteiger partial charge >= 0.3 is 0 Å². The Morgan fingerprint density at radius 2 is 1.68 bits per heavy atom. The van der Waals surface area contributed by atoms with Gasteiger partial charge in [-0.2, -0.15) is 0 Å². The van der Waals surface area contributed by atoms with Gasteiger partial charge in [0.05, 0.1) is 11.4 Å². The molecular weight excluding hydrogens is 272 g/mol. The summed E-state index contributed by atoms with van der Waals surface area (Å²) in [5, 5.41) is 3.46. The van der Waals surface area contributed by atoms with Crippen molar-refractivity contribution in [3.63, 3.8) is 0 Å². The first-order chi connectivity index (χ1) is 10.9. The molecule has 4 nitrogen and oxygen atoms in total. The lowest BCUT2D eigenvalue weighted by atomic mass is 10.2. The van der Waals surface area contributed by atoms with Crippen molar-refractivity contribution in [2.24, 2.45) is 0 Å². The summed E-state index contributed by atoms with van der Waals surface area (Å²) in [6.07, 6.45) is 4.21. The van der Waals surface area contributed by atoms with Gasteiger partial charge in [0.25, 0.3) is 0 Å². The summed E-state index contributed by atoms with van der Waals surface area (Å²) >= 11 is 0. The first kappa shape index (κ1) is 13.0. The van der Waals surface area contributed by atoms with Crippen LogP contribution >= 0.6 is 0 Å². The number of hydrogen-bond donors (Lipinski definition) is 1. The van der Waals surface area contributed by atoms with Gasteiger partial charge in [-0.15, -0.1) is 0 Å². The predicted octanol–water partition coefficient (Wildman–Crippen LogP) is 3.78. The number of aromatic nitrogens is 3. The molecule has 22 heavy (non-hydrogen) atoms. The maximum absolute atomic E-state index is 4.69. The van der Waals surface area contributed by atoms with Crippen LogP contribution in [0.1, 0.15) is 12.8 Å². The Bertz CT molecular complexity index is 710. The van der Waals surface area contributed by atoms with Gasteiger partial charge < -0.3 is 5.32 Å². The van der Waals surface area contributed by atoms with E-state index in [2.05, 4.69) is 20.3 Å². The summed E-state index contributed by atoms with van der Waals surface area (Å²) in [6, 6.07) is 18.4. The van der Waals surface area contributed by atoms with Crippen LogP contribution in [-0.4, -0.2) is 21.0 Å². The number of nitrogens with one attached hydrogen (secondary N) is 1. The molecule has 0 bridgehead atoms. The monoisotopic (exact) mass is 288 g/mol. The number of anilines is 1. The normalized spacial score (nSPS) is 13.8. The zero-order valence-corrected chi connectivity index (χ0v) is 12.1. The Morgan fingerprint density at radius 1 is 0.864 bits per heavy atom. The summed E-state index contributed by atoms with van der Waals surface area (Å²) in [4.78, 5) is 13.7. The van der Waals surface area contributed by atoms with Crippen LogP contribution in [0.4, 0.5) is 5.82 Å². The molecule has 1 aromatic carbocycles. The van der Waals surface area contributed by atoms with Crippen molar-refractivity contribution in [2.45, 2.75) is 18.9 Å². The van der Waals surface area contributed by atoms with Crippen molar-refractivity contribution < 1.29 is 0 Å². The maximum atomic E-state index is 4.69. The second-order valence-electron chi connectivity index (χ2n) is 5.46. The topological polar surface area (TPSA) is 50.7 Å². The second kappa shape index (κ2) is 5.56. The molecule has 3 aromatic rings. The van der Waals surface area contributed by atoms with Gasteiger partial charge in [-0.05, 0) is 25.0 Å². The molecule has 2 aromatic heterocycles. The SMILES string of the molecule is c1ccc(-c2nc(NC3CC3)cc(-c3ccccn3)n2)cc1. The van der Waals surface area contributed by atoms with Crippen molar-refractivity contribution in [3.05, 3.63) is 60.8 Å². The Hall–Kier alpha value is -2.75. The molecule has 1 aliphatic carbocycles. The van der Waals surface area contributed by atoms with Gasteiger partial charge in [-0.3, -0.25) is 4.98 Å². The van der Waals surface area contributed by atoms with Gasteiger partial charge in [0.2, 0.25) is 0 Å². The third-order valence-electron chi connectivity index (χ3n) is 3.61. The molecule has 0 radical (unpaired) electrons. The number of pyridine rings is 1. The van der Waals surface area contributed by atoms with Crippen LogP contribution in [0.2, 0.25) is 0 Å². The van der Waals surface area contributed by atoms with Crippen molar-refractivity contribution in [2.75, 3.05) is 5.32 Å². The molecule has 0 spiro atoms. The molecule has 108 valence electrons. The summed E-state index contributed by atoms with van der Waals surface area (Å²) in [5.74, 6) is 1.60. The van der Waals surface area contributed by atoms with E-state index in [0.717, 1.165) is 28.6 Å². The number of benzene rings is 1. The molecule has 4 heteroatoms. The fourth-order valence-electron chi connectivity index (χ4n) is 2.32. The Morgan fingerprint density at radius 3 is 2.41 bits per heavy atom. The average Bonchev–Trinajstić information content (AvgIpc) is 3.40. The second-order valence-corrected chi connectivity index (χ2v) is 5.46. The van der Waals surface area contributed by atoms with E-state index in [1.54, 1.807) is 6.20 Å². The summed E-state index contributed by atoms with van der Waals surface area (Å²) in [6.45, 7) is 0. The molecule has 1 N–H and O–H groups in total. The molecule has 0 atom stereocenters. The van der Waals surface area contributed by atoms with Crippen LogP contribution in [0, 0.1) is 0 Å². The molecule has 0 aliphatic heterocycles. The summed E-state index contributed by atoms with van der Waals surface area (Å²) in [7, 11) is 0. The first-order valence-corrected chi connectivity index (χ1v) is 7.51. The van der Waals surface area contributed by atoms with E-state index < -0.39 is 0 Å². The number of hydrogen-bond acceptors (Lipinski definition) is 4. The van der Waals surface area contributed by atoms with E-state index in [0.29, 0.717) is 6.04 Å². The van der Waals surface area contributed by atoms with Crippen LogP contribution in [0.3, 0.4) is 0 Å². The standard InChI is InChI=1S/C18H16N4/c1-2-6-13(7-3-1)18-21-16(15-8-4-5-11-19-15)12-17(22-18)20-14-9-10-14/h1-8,11-12,14H,9-10H2,(H,20,21,22). The molecule has 1 aliphatic rings. The van der Waals surface area contributed by atoms with Gasteiger partial charge in [0.15, 0.2) is 5.82 Å². The maximum Gasteiger partial charge on any atom is 0.162 e. The highest BCUT2D eigenvalue weighted by Crippen LogP contribution is 2.27. The summed E-state index contributed by atoms with van der Waals surface area (Å²) in [5.41, 5.74) is 2.72. The van der Waals surface area contributed by atoms with E-state index in [1.807, 2.05) is 54.6 Å². The van der Waals surface area contributed by atoms with Crippen molar-refractivity contribution in [1.82, 2.24) is 15.0 Å². The van der Waals surface area contributed by atoms with Crippen molar-refractivity contribution in [3.8, 4) is 22.8 Å². The largest absolute Gasteiger partial charge is 0.367 e. The minimum absolute atomic E-state index is 0.551. The molecule has 1 saturated carbocycles. The van der Waals surface area contributed by atoms with Crippen LogP contribution in [-0.2, 0) is 0 Å². The van der Waals surface area contributed by atoms with Crippen LogP contribution < -0.4 is 5.32 Å². The van der Waals surface area contributed by atoms with E-state index in [1.165, 1.54) is 12.8 Å². The Labute approximate surface area is 129 Å². The smallest absolute Gasteiger partial charge is 0.162 e. The van der Waals surface area contributed by atoms with E-state index >= 15 is 0 Å². The zero-order valence-electron chi connectivity index (χ0n) is 12.1. The highest BCUT2D eigenvalue weighted by Gasteiger charge is 2.22. The zero-order chi connectivity index (χ0) is 14.8. The molecular formula is C18H16N4. The highest BCUT2D eigenvalue weighted by molar-refractivity contribution is 5.65. The van der Waals surface area contributed by atoms with E-state index in [-0.39, 0.29) is 0 Å². The third-order valence-corrected chi connectivity index (χ3v) is 3.61. The number of nitrogens with zero attached hydrogens (tertiary/aromatic N) is 3. The van der Waals surface area contributed by atoms with Crippen molar-refractivity contribution >= 4 is 5.82 Å².